The van der Waals surface area contributed by atoms with Gasteiger partial charge in [0.15, 0.2) is 0 Å². The molecule has 0 aliphatic carbocycles. The first-order valence-corrected chi connectivity index (χ1v) is 9.01. The lowest BCUT2D eigenvalue weighted by atomic mass is 9.97. The Labute approximate surface area is 167 Å². The standard InChI is InChI=1S/C24H18O5/c1-27-17-10-8-15(9-11-17)22(25)21-23(26)19-13-12-18(28-2)14-20(19)29-24(21)16-6-4-3-5-7-16/h3-14H,1-2H3. The molecule has 0 bridgehead atoms. The Bertz CT molecular complexity index is 1240. The summed E-state index contributed by atoms with van der Waals surface area (Å²) in [6.45, 7) is 0. The van der Waals surface area contributed by atoms with Crippen LogP contribution in [0.1, 0.15) is 15.9 Å². The molecule has 29 heavy (non-hydrogen) atoms. The quantitative estimate of drug-likeness (QED) is 0.465. The average molecular weight is 386 g/mol. The van der Waals surface area contributed by atoms with Gasteiger partial charge in [0.25, 0.3) is 0 Å². The van der Waals surface area contributed by atoms with Gasteiger partial charge in [-0.2, -0.15) is 0 Å². The third-order valence-electron chi connectivity index (χ3n) is 4.71. The molecule has 4 rings (SSSR count). The van der Waals surface area contributed by atoms with Crippen molar-refractivity contribution < 1.29 is 18.7 Å². The van der Waals surface area contributed by atoms with Crippen molar-refractivity contribution in [2.75, 3.05) is 14.2 Å². The van der Waals surface area contributed by atoms with E-state index in [4.69, 9.17) is 13.9 Å². The highest BCUT2D eigenvalue weighted by Crippen LogP contribution is 2.29. The van der Waals surface area contributed by atoms with E-state index in [-0.39, 0.29) is 16.8 Å². The SMILES string of the molecule is COc1ccc(C(=O)c2c(-c3ccccc3)oc3cc(OC)ccc3c2=O)cc1. The minimum Gasteiger partial charge on any atom is -0.497 e. The molecule has 4 aromatic rings. The van der Waals surface area contributed by atoms with Crippen LogP contribution in [-0.4, -0.2) is 20.0 Å². The number of rotatable bonds is 5. The van der Waals surface area contributed by atoms with Crippen molar-refractivity contribution in [2.45, 2.75) is 0 Å². The molecule has 144 valence electrons. The summed E-state index contributed by atoms with van der Waals surface area (Å²) in [5, 5.41) is 0.322. The zero-order valence-corrected chi connectivity index (χ0v) is 16.0. The van der Waals surface area contributed by atoms with E-state index < -0.39 is 5.78 Å². The van der Waals surface area contributed by atoms with Crippen molar-refractivity contribution in [3.05, 3.63) is 94.1 Å². The van der Waals surface area contributed by atoms with Gasteiger partial charge in [-0.25, -0.2) is 0 Å². The maximum absolute atomic E-state index is 13.3. The Kier molecular flexibility index (Phi) is 4.87. The number of ether oxygens (including phenoxy) is 2. The van der Waals surface area contributed by atoms with E-state index in [9.17, 15) is 9.59 Å². The third kappa shape index (κ3) is 3.38. The molecule has 1 heterocycles. The minimum absolute atomic E-state index is 0.000895. The second-order valence-corrected chi connectivity index (χ2v) is 6.42. The lowest BCUT2D eigenvalue weighted by Gasteiger charge is -2.11. The molecule has 0 aliphatic heterocycles. The van der Waals surface area contributed by atoms with Crippen molar-refractivity contribution >= 4 is 16.8 Å². The number of hydrogen-bond donors (Lipinski definition) is 0. The first kappa shape index (κ1) is 18.5. The van der Waals surface area contributed by atoms with E-state index in [1.807, 2.05) is 18.2 Å². The topological polar surface area (TPSA) is 65.7 Å². The zero-order valence-electron chi connectivity index (χ0n) is 16.0. The maximum Gasteiger partial charge on any atom is 0.204 e. The normalized spacial score (nSPS) is 10.7. The number of ketones is 1. The molecule has 0 radical (unpaired) electrons. The highest BCUT2D eigenvalue weighted by atomic mass is 16.5. The smallest absolute Gasteiger partial charge is 0.204 e. The number of carbonyl (C=O) groups excluding carboxylic acids is 1. The van der Waals surface area contributed by atoms with Crippen LogP contribution in [-0.2, 0) is 0 Å². The fraction of sp³-hybridized carbons (Fsp3) is 0.0833. The van der Waals surface area contributed by atoms with Crippen molar-refractivity contribution in [3.63, 3.8) is 0 Å². The van der Waals surface area contributed by atoms with E-state index in [2.05, 4.69) is 0 Å². The van der Waals surface area contributed by atoms with E-state index in [1.165, 1.54) is 0 Å². The van der Waals surface area contributed by atoms with Gasteiger partial charge in [-0.3, -0.25) is 9.59 Å². The Hall–Kier alpha value is -3.86. The first-order valence-electron chi connectivity index (χ1n) is 9.01. The van der Waals surface area contributed by atoms with Crippen molar-refractivity contribution in [3.8, 4) is 22.8 Å². The second-order valence-electron chi connectivity index (χ2n) is 6.42. The average Bonchev–Trinajstić information content (AvgIpc) is 2.78. The monoisotopic (exact) mass is 386 g/mol. The van der Waals surface area contributed by atoms with Gasteiger partial charge in [-0.15, -0.1) is 0 Å². The molecule has 5 heteroatoms. The fourth-order valence-corrected chi connectivity index (χ4v) is 3.19. The highest BCUT2D eigenvalue weighted by Gasteiger charge is 2.23. The number of benzene rings is 3. The summed E-state index contributed by atoms with van der Waals surface area (Å²) in [4.78, 5) is 26.6. The van der Waals surface area contributed by atoms with Gasteiger partial charge in [-0.05, 0) is 36.4 Å². The largest absolute Gasteiger partial charge is 0.497 e. The van der Waals surface area contributed by atoms with E-state index >= 15 is 0 Å². The van der Waals surface area contributed by atoms with Gasteiger partial charge < -0.3 is 13.9 Å². The van der Waals surface area contributed by atoms with Crippen LogP contribution in [0.4, 0.5) is 0 Å². The molecule has 0 atom stereocenters. The Morgan fingerprint density at radius 3 is 2.14 bits per heavy atom. The van der Waals surface area contributed by atoms with Crippen LogP contribution in [0.5, 0.6) is 11.5 Å². The number of methoxy groups -OCH3 is 2. The molecule has 0 unspecified atom stereocenters. The number of carbonyl (C=O) groups is 1. The molecule has 0 spiro atoms. The van der Waals surface area contributed by atoms with Crippen LogP contribution in [0, 0.1) is 0 Å². The molecule has 0 saturated heterocycles. The van der Waals surface area contributed by atoms with E-state index in [0.29, 0.717) is 33.6 Å². The summed E-state index contributed by atoms with van der Waals surface area (Å²) in [7, 11) is 3.09. The number of fused-ring (bicyclic) bond motifs is 1. The van der Waals surface area contributed by atoms with E-state index in [1.54, 1.807) is 68.8 Å². The lowest BCUT2D eigenvalue weighted by Crippen LogP contribution is -2.18. The summed E-state index contributed by atoms with van der Waals surface area (Å²) in [5.41, 5.74) is 1.00. The second kappa shape index (κ2) is 7.64. The highest BCUT2D eigenvalue weighted by molar-refractivity contribution is 6.13. The minimum atomic E-state index is -0.405. The molecule has 0 N–H and O–H groups in total. The predicted molar refractivity (Wildman–Crippen MR) is 111 cm³/mol. The van der Waals surface area contributed by atoms with Gasteiger partial charge >= 0.3 is 0 Å². The maximum atomic E-state index is 13.3. The van der Waals surface area contributed by atoms with Gasteiger partial charge in [-0.1, -0.05) is 30.3 Å². The summed E-state index contributed by atoms with van der Waals surface area (Å²) in [5.74, 6) is 1.02. The molecular formula is C24H18O5. The van der Waals surface area contributed by atoms with Crippen LogP contribution < -0.4 is 14.9 Å². The Morgan fingerprint density at radius 1 is 0.828 bits per heavy atom. The Morgan fingerprint density at radius 2 is 1.48 bits per heavy atom. The molecule has 0 amide bonds. The summed E-state index contributed by atoms with van der Waals surface area (Å²) < 4.78 is 16.4. The van der Waals surface area contributed by atoms with Gasteiger partial charge in [0.1, 0.15) is 28.4 Å². The van der Waals surface area contributed by atoms with Crippen LogP contribution >= 0.6 is 0 Å². The summed E-state index contributed by atoms with van der Waals surface area (Å²) >= 11 is 0. The molecule has 1 aromatic heterocycles. The molecule has 5 nitrogen and oxygen atoms in total. The van der Waals surface area contributed by atoms with Crippen molar-refractivity contribution in [2.24, 2.45) is 0 Å². The molecular weight excluding hydrogens is 368 g/mol. The fourth-order valence-electron chi connectivity index (χ4n) is 3.19. The number of hydrogen-bond acceptors (Lipinski definition) is 5. The van der Waals surface area contributed by atoms with Gasteiger partial charge in [0, 0.05) is 17.2 Å². The molecule has 0 saturated carbocycles. The zero-order chi connectivity index (χ0) is 20.4. The Balaban J connectivity index is 1.98. The lowest BCUT2D eigenvalue weighted by molar-refractivity contribution is 0.103. The summed E-state index contributed by atoms with van der Waals surface area (Å²) in [6.07, 6.45) is 0. The van der Waals surface area contributed by atoms with Crippen LogP contribution in [0.25, 0.3) is 22.3 Å². The van der Waals surface area contributed by atoms with E-state index in [0.717, 1.165) is 0 Å². The van der Waals surface area contributed by atoms with Crippen molar-refractivity contribution in [1.82, 2.24) is 0 Å². The molecule has 3 aromatic carbocycles. The third-order valence-corrected chi connectivity index (χ3v) is 4.71. The van der Waals surface area contributed by atoms with Gasteiger partial charge in [0.2, 0.25) is 11.2 Å². The van der Waals surface area contributed by atoms with Crippen LogP contribution in [0.15, 0.2) is 82.0 Å². The molecule has 0 aliphatic rings. The van der Waals surface area contributed by atoms with Crippen molar-refractivity contribution in [1.29, 1.82) is 0 Å². The predicted octanol–water partition coefficient (Wildman–Crippen LogP) is 4.71. The van der Waals surface area contributed by atoms with Crippen LogP contribution in [0.2, 0.25) is 0 Å². The summed E-state index contributed by atoms with van der Waals surface area (Å²) in [6, 6.07) is 20.7. The molecule has 0 fully saturated rings. The first-order chi connectivity index (χ1) is 14.1. The van der Waals surface area contributed by atoms with Gasteiger partial charge in [0.05, 0.1) is 19.6 Å². The van der Waals surface area contributed by atoms with Crippen LogP contribution in [0.3, 0.4) is 0 Å².